The second-order valence-corrected chi connectivity index (χ2v) is 6.39. The maximum absolute atomic E-state index is 9.09. The predicted octanol–water partition coefficient (Wildman–Crippen LogP) is 2.79. The van der Waals surface area contributed by atoms with Gasteiger partial charge in [0.15, 0.2) is 0 Å². The number of nitrogens with one attached hydrogen (secondary N) is 1. The van der Waals surface area contributed by atoms with Crippen molar-refractivity contribution in [2.45, 2.75) is 64.2 Å². The van der Waals surface area contributed by atoms with Crippen LogP contribution in [0, 0.1) is 0 Å². The first-order valence-electron chi connectivity index (χ1n) is 8.36. The molecule has 0 bridgehead atoms. The third-order valence-electron chi connectivity index (χ3n) is 4.55. The largest absolute Gasteiger partial charge is 0.395 e. The van der Waals surface area contributed by atoms with Gasteiger partial charge in [0.05, 0.1) is 6.61 Å². The number of hydrogen-bond acceptors (Lipinski definition) is 3. The molecule has 0 amide bonds. The topological polar surface area (TPSA) is 35.5 Å². The lowest BCUT2D eigenvalue weighted by Gasteiger charge is -2.42. The molecule has 1 aliphatic carbocycles. The van der Waals surface area contributed by atoms with Gasteiger partial charge in [-0.25, -0.2) is 0 Å². The zero-order valence-corrected chi connectivity index (χ0v) is 13.5. The van der Waals surface area contributed by atoms with Crippen LogP contribution in [-0.4, -0.2) is 41.3 Å². The maximum atomic E-state index is 9.09. The molecule has 0 spiro atoms. The summed E-state index contributed by atoms with van der Waals surface area (Å²) in [6.45, 7) is 6.53. The summed E-state index contributed by atoms with van der Waals surface area (Å²) in [6, 6.07) is 12.4. The van der Waals surface area contributed by atoms with Crippen LogP contribution < -0.4 is 5.32 Å². The zero-order chi connectivity index (χ0) is 15.1. The van der Waals surface area contributed by atoms with Crippen LogP contribution in [0.2, 0.25) is 0 Å². The molecule has 0 heterocycles. The standard InChI is InChI=1S/C18H30N2O/c1-15(2)20(14-16-8-4-3-5-9-16)18-11-7-6-10-17(18)19-12-13-21/h3-5,8-9,15,17-19,21H,6-7,10-14H2,1-2H3. The minimum Gasteiger partial charge on any atom is -0.395 e. The van der Waals surface area contributed by atoms with Crippen LogP contribution in [0.1, 0.15) is 45.1 Å². The summed E-state index contributed by atoms with van der Waals surface area (Å²) in [5.41, 5.74) is 1.39. The predicted molar refractivity (Wildman–Crippen MR) is 88.3 cm³/mol. The lowest BCUT2D eigenvalue weighted by Crippen LogP contribution is -2.54. The molecule has 0 aliphatic heterocycles. The molecule has 1 aliphatic rings. The van der Waals surface area contributed by atoms with E-state index in [9.17, 15) is 0 Å². The normalized spacial score (nSPS) is 22.9. The Morgan fingerprint density at radius 1 is 1.19 bits per heavy atom. The molecule has 1 fully saturated rings. The second-order valence-electron chi connectivity index (χ2n) is 6.39. The van der Waals surface area contributed by atoms with Gasteiger partial charge in [-0.1, -0.05) is 43.2 Å². The van der Waals surface area contributed by atoms with Gasteiger partial charge >= 0.3 is 0 Å². The first-order valence-corrected chi connectivity index (χ1v) is 8.36. The van der Waals surface area contributed by atoms with E-state index in [-0.39, 0.29) is 6.61 Å². The van der Waals surface area contributed by atoms with Crippen molar-refractivity contribution in [1.29, 1.82) is 0 Å². The van der Waals surface area contributed by atoms with E-state index in [1.165, 1.54) is 31.2 Å². The van der Waals surface area contributed by atoms with Crippen molar-refractivity contribution in [3.63, 3.8) is 0 Å². The Morgan fingerprint density at radius 2 is 1.90 bits per heavy atom. The monoisotopic (exact) mass is 290 g/mol. The molecule has 2 unspecified atom stereocenters. The van der Waals surface area contributed by atoms with Crippen molar-refractivity contribution in [3.8, 4) is 0 Å². The third kappa shape index (κ3) is 4.80. The van der Waals surface area contributed by atoms with Crippen molar-refractivity contribution in [3.05, 3.63) is 35.9 Å². The van der Waals surface area contributed by atoms with E-state index in [2.05, 4.69) is 54.4 Å². The third-order valence-corrected chi connectivity index (χ3v) is 4.55. The van der Waals surface area contributed by atoms with E-state index in [4.69, 9.17) is 5.11 Å². The first-order chi connectivity index (χ1) is 10.2. The molecular weight excluding hydrogens is 260 g/mol. The fourth-order valence-corrected chi connectivity index (χ4v) is 3.47. The molecule has 2 atom stereocenters. The Hall–Kier alpha value is -0.900. The number of benzene rings is 1. The number of nitrogens with zero attached hydrogens (tertiary/aromatic N) is 1. The van der Waals surface area contributed by atoms with Gasteiger partial charge in [0, 0.05) is 31.2 Å². The summed E-state index contributed by atoms with van der Waals surface area (Å²) in [6.07, 6.45) is 5.10. The Morgan fingerprint density at radius 3 is 2.57 bits per heavy atom. The highest BCUT2D eigenvalue weighted by Crippen LogP contribution is 2.26. The number of aliphatic hydroxyl groups excluding tert-OH is 1. The number of rotatable bonds is 7. The summed E-state index contributed by atoms with van der Waals surface area (Å²) in [7, 11) is 0. The van der Waals surface area contributed by atoms with Crippen molar-refractivity contribution >= 4 is 0 Å². The molecule has 3 nitrogen and oxygen atoms in total. The van der Waals surface area contributed by atoms with E-state index in [0.717, 1.165) is 6.54 Å². The summed E-state index contributed by atoms with van der Waals surface area (Å²) in [4.78, 5) is 2.63. The quantitative estimate of drug-likeness (QED) is 0.810. The molecule has 3 heteroatoms. The van der Waals surface area contributed by atoms with Crippen LogP contribution in [0.3, 0.4) is 0 Å². The first kappa shape index (κ1) is 16.5. The minimum atomic E-state index is 0.226. The molecule has 118 valence electrons. The lowest BCUT2D eigenvalue weighted by molar-refractivity contribution is 0.0822. The van der Waals surface area contributed by atoms with Crippen LogP contribution in [0.4, 0.5) is 0 Å². The van der Waals surface area contributed by atoms with Gasteiger partial charge in [0.25, 0.3) is 0 Å². The van der Waals surface area contributed by atoms with E-state index >= 15 is 0 Å². The molecule has 0 radical (unpaired) electrons. The summed E-state index contributed by atoms with van der Waals surface area (Å²) >= 11 is 0. The fourth-order valence-electron chi connectivity index (χ4n) is 3.47. The van der Waals surface area contributed by atoms with Gasteiger partial charge < -0.3 is 10.4 Å². The second kappa shape index (κ2) is 8.52. The molecule has 2 N–H and O–H groups in total. The van der Waals surface area contributed by atoms with Gasteiger partial charge in [0.1, 0.15) is 0 Å². The maximum Gasteiger partial charge on any atom is 0.0556 e. The van der Waals surface area contributed by atoms with Crippen molar-refractivity contribution in [1.82, 2.24) is 10.2 Å². The Balaban J connectivity index is 2.07. The van der Waals surface area contributed by atoms with Gasteiger partial charge in [-0.2, -0.15) is 0 Å². The van der Waals surface area contributed by atoms with Crippen molar-refractivity contribution < 1.29 is 5.11 Å². The van der Waals surface area contributed by atoms with Gasteiger partial charge in [-0.05, 0) is 32.3 Å². The van der Waals surface area contributed by atoms with E-state index < -0.39 is 0 Å². The Labute approximate surface area is 129 Å². The SMILES string of the molecule is CC(C)N(Cc1ccccc1)C1CCCCC1NCCO. The van der Waals surface area contributed by atoms with E-state index in [1.807, 2.05) is 0 Å². The summed E-state index contributed by atoms with van der Waals surface area (Å²) < 4.78 is 0. The van der Waals surface area contributed by atoms with Crippen LogP contribution in [0.5, 0.6) is 0 Å². The Bertz CT molecular complexity index is 393. The molecule has 0 aromatic heterocycles. The number of aliphatic hydroxyl groups is 1. The van der Waals surface area contributed by atoms with Crippen molar-refractivity contribution in [2.75, 3.05) is 13.2 Å². The molecule has 2 rings (SSSR count). The summed E-state index contributed by atoms with van der Waals surface area (Å²) in [5, 5.41) is 12.6. The number of hydrogen-bond donors (Lipinski definition) is 2. The van der Waals surface area contributed by atoms with Crippen molar-refractivity contribution in [2.24, 2.45) is 0 Å². The molecule has 0 saturated heterocycles. The Kier molecular flexibility index (Phi) is 6.68. The van der Waals surface area contributed by atoms with Crippen LogP contribution in [0.15, 0.2) is 30.3 Å². The van der Waals surface area contributed by atoms with Crippen LogP contribution >= 0.6 is 0 Å². The highest BCUT2D eigenvalue weighted by Gasteiger charge is 2.31. The highest BCUT2D eigenvalue weighted by atomic mass is 16.3. The van der Waals surface area contributed by atoms with Crippen LogP contribution in [-0.2, 0) is 6.54 Å². The van der Waals surface area contributed by atoms with E-state index in [0.29, 0.717) is 24.7 Å². The van der Waals surface area contributed by atoms with Gasteiger partial charge in [0.2, 0.25) is 0 Å². The summed E-state index contributed by atoms with van der Waals surface area (Å²) in [5.74, 6) is 0. The molecule has 21 heavy (non-hydrogen) atoms. The smallest absolute Gasteiger partial charge is 0.0556 e. The molecular formula is C18H30N2O. The lowest BCUT2D eigenvalue weighted by atomic mass is 9.88. The molecule has 1 aromatic rings. The fraction of sp³-hybridized carbons (Fsp3) is 0.667. The average molecular weight is 290 g/mol. The molecule has 1 aromatic carbocycles. The zero-order valence-electron chi connectivity index (χ0n) is 13.5. The average Bonchev–Trinajstić information content (AvgIpc) is 2.52. The molecule has 1 saturated carbocycles. The highest BCUT2D eigenvalue weighted by molar-refractivity contribution is 5.15. The van der Waals surface area contributed by atoms with Crippen LogP contribution in [0.25, 0.3) is 0 Å². The van der Waals surface area contributed by atoms with Gasteiger partial charge in [-0.3, -0.25) is 4.90 Å². The van der Waals surface area contributed by atoms with E-state index in [1.54, 1.807) is 0 Å². The van der Waals surface area contributed by atoms with Gasteiger partial charge in [-0.15, -0.1) is 0 Å². The minimum absolute atomic E-state index is 0.226.